The number of rotatable bonds is 15. The summed E-state index contributed by atoms with van der Waals surface area (Å²) in [5, 5.41) is 21.4. The molecule has 0 unspecified atom stereocenters. The van der Waals surface area contributed by atoms with Gasteiger partial charge in [0, 0.05) is 43.1 Å². The topological polar surface area (TPSA) is 238 Å². The maximum atomic E-state index is 13.5. The fourth-order valence-electron chi connectivity index (χ4n) is 5.86. The van der Waals surface area contributed by atoms with Crippen LogP contribution in [0.25, 0.3) is 10.8 Å². The lowest BCUT2D eigenvalue weighted by Crippen LogP contribution is -2.54. The van der Waals surface area contributed by atoms with Gasteiger partial charge >= 0.3 is 0 Å². The minimum atomic E-state index is -0.993. The van der Waals surface area contributed by atoms with Gasteiger partial charge in [-0.3, -0.25) is 34.3 Å². The number of nitro groups is 1. The van der Waals surface area contributed by atoms with E-state index in [9.17, 15) is 29.3 Å². The van der Waals surface area contributed by atoms with E-state index < -0.39 is 28.8 Å². The zero-order chi connectivity index (χ0) is 34.6. The lowest BCUT2D eigenvalue weighted by Gasteiger charge is -2.29. The number of non-ortho nitro benzene ring substituents is 1. The quantitative estimate of drug-likeness (QED) is 0.0463. The Bertz CT molecular complexity index is 1650. The number of guanidine groups is 1. The second kappa shape index (κ2) is 16.9. The molecule has 1 fully saturated rings. The number of aliphatic imine (C=N–C) groups is 1. The summed E-state index contributed by atoms with van der Waals surface area (Å²) >= 11 is 0. The molecule has 4 rings (SSSR count). The van der Waals surface area contributed by atoms with E-state index in [-0.39, 0.29) is 54.7 Å². The van der Waals surface area contributed by atoms with Crippen molar-refractivity contribution in [1.82, 2.24) is 16.0 Å². The molecule has 3 aromatic rings. The van der Waals surface area contributed by atoms with Crippen LogP contribution in [0.5, 0.6) is 0 Å². The summed E-state index contributed by atoms with van der Waals surface area (Å²) in [4.78, 5) is 66.0. The Kier molecular flexibility index (Phi) is 12.4. The summed E-state index contributed by atoms with van der Waals surface area (Å²) in [6.07, 6.45) is 3.34. The molecule has 0 heterocycles. The Balaban J connectivity index is 1.32. The molecule has 1 aliphatic rings. The van der Waals surface area contributed by atoms with Gasteiger partial charge in [-0.05, 0) is 72.9 Å². The van der Waals surface area contributed by atoms with Gasteiger partial charge in [-0.1, -0.05) is 42.5 Å². The van der Waals surface area contributed by atoms with Crippen LogP contribution in [0.3, 0.4) is 0 Å². The first-order valence-electron chi connectivity index (χ1n) is 16.0. The van der Waals surface area contributed by atoms with Crippen LogP contribution in [0.2, 0.25) is 0 Å². The first kappa shape index (κ1) is 35.3. The fourth-order valence-corrected chi connectivity index (χ4v) is 5.86. The minimum absolute atomic E-state index is 0.0788. The SMILES string of the molecule is NC(=O)[C@H](Cc1ccc2ccccc2c1)NC(=O)[C@H](CCCN=C(N)N)NC(=O)C1CCC(CNC(=O)c2ccc([N+](=O)[O-])cc2)CC1. The molecule has 14 heteroatoms. The second-order valence-corrected chi connectivity index (χ2v) is 12.1. The molecule has 254 valence electrons. The zero-order valence-corrected chi connectivity index (χ0v) is 26.6. The molecule has 48 heavy (non-hydrogen) atoms. The number of nitrogens with zero attached hydrogens (tertiary/aromatic N) is 2. The number of nitro benzene ring substituents is 1. The number of amides is 4. The maximum absolute atomic E-state index is 13.5. The molecular formula is C34H42N8O6. The largest absolute Gasteiger partial charge is 0.370 e. The van der Waals surface area contributed by atoms with Gasteiger partial charge in [-0.15, -0.1) is 0 Å². The molecule has 0 saturated heterocycles. The summed E-state index contributed by atoms with van der Waals surface area (Å²) in [6, 6.07) is 17.0. The van der Waals surface area contributed by atoms with E-state index in [0.29, 0.717) is 44.2 Å². The first-order chi connectivity index (χ1) is 23.0. The standard InChI is InChI=1S/C34H42N8O6/c35-30(43)29(19-22-9-10-23-4-1-2-5-26(23)18-22)41-33(46)28(6-3-17-38-34(36)37)40-32(45)25-11-7-21(8-12-25)20-39-31(44)24-13-15-27(16-14-24)42(47)48/h1-2,4-5,9-10,13-16,18,21,25,28-29H,3,6-8,11-12,17,19-20H2,(H2,35,43)(H,39,44)(H,40,45)(H,41,46)(H4,36,37,38)/t21?,25?,28-,29-/m0/s1. The van der Waals surface area contributed by atoms with E-state index in [1.807, 2.05) is 42.5 Å². The molecule has 0 radical (unpaired) electrons. The monoisotopic (exact) mass is 658 g/mol. The third-order valence-corrected chi connectivity index (χ3v) is 8.60. The number of carbonyl (C=O) groups is 4. The lowest BCUT2D eigenvalue weighted by molar-refractivity contribution is -0.384. The molecule has 0 aliphatic heterocycles. The van der Waals surface area contributed by atoms with Crippen molar-refractivity contribution in [3.63, 3.8) is 0 Å². The molecule has 1 saturated carbocycles. The molecule has 14 nitrogen and oxygen atoms in total. The summed E-state index contributed by atoms with van der Waals surface area (Å²) < 4.78 is 0. The number of carbonyl (C=O) groups excluding carboxylic acids is 4. The molecule has 1 aliphatic carbocycles. The molecule has 0 bridgehead atoms. The average Bonchev–Trinajstić information content (AvgIpc) is 3.08. The highest BCUT2D eigenvalue weighted by molar-refractivity contribution is 5.94. The summed E-state index contributed by atoms with van der Waals surface area (Å²) in [7, 11) is 0. The highest BCUT2D eigenvalue weighted by Gasteiger charge is 2.31. The summed E-state index contributed by atoms with van der Waals surface area (Å²) in [5.74, 6) is -2.07. The fraction of sp³-hybridized carbons (Fsp3) is 0.382. The van der Waals surface area contributed by atoms with Crippen LogP contribution in [0.4, 0.5) is 5.69 Å². The minimum Gasteiger partial charge on any atom is -0.370 e. The highest BCUT2D eigenvalue weighted by atomic mass is 16.6. The van der Waals surface area contributed by atoms with E-state index in [2.05, 4.69) is 20.9 Å². The molecule has 0 aromatic heterocycles. The van der Waals surface area contributed by atoms with E-state index in [4.69, 9.17) is 17.2 Å². The van der Waals surface area contributed by atoms with E-state index >= 15 is 0 Å². The van der Waals surface area contributed by atoms with Crippen molar-refractivity contribution in [2.24, 2.45) is 34.0 Å². The van der Waals surface area contributed by atoms with E-state index in [0.717, 1.165) is 16.3 Å². The summed E-state index contributed by atoms with van der Waals surface area (Å²) in [5.41, 5.74) is 17.6. The van der Waals surface area contributed by atoms with Crippen molar-refractivity contribution < 1.29 is 24.1 Å². The van der Waals surface area contributed by atoms with Crippen LogP contribution in [0, 0.1) is 22.0 Å². The number of nitrogens with one attached hydrogen (secondary N) is 3. The van der Waals surface area contributed by atoms with Gasteiger partial charge < -0.3 is 33.2 Å². The third kappa shape index (κ3) is 10.2. The number of benzene rings is 3. The van der Waals surface area contributed by atoms with Crippen molar-refractivity contribution in [2.45, 2.75) is 57.0 Å². The van der Waals surface area contributed by atoms with Crippen molar-refractivity contribution in [3.8, 4) is 0 Å². The Labute approximate surface area is 278 Å². The van der Waals surface area contributed by atoms with Crippen LogP contribution in [0.15, 0.2) is 71.7 Å². The predicted molar refractivity (Wildman–Crippen MR) is 181 cm³/mol. The van der Waals surface area contributed by atoms with Crippen LogP contribution in [0.1, 0.15) is 54.4 Å². The van der Waals surface area contributed by atoms with Gasteiger partial charge in [-0.2, -0.15) is 0 Å². The molecule has 0 spiro atoms. The maximum Gasteiger partial charge on any atom is 0.269 e. The lowest BCUT2D eigenvalue weighted by atomic mass is 9.81. The summed E-state index contributed by atoms with van der Waals surface area (Å²) in [6.45, 7) is 0.667. The third-order valence-electron chi connectivity index (χ3n) is 8.60. The van der Waals surface area contributed by atoms with Crippen LogP contribution in [-0.4, -0.2) is 59.7 Å². The number of hydrogen-bond acceptors (Lipinski definition) is 7. The van der Waals surface area contributed by atoms with Crippen molar-refractivity contribution in [3.05, 3.63) is 88.0 Å². The number of nitrogens with two attached hydrogens (primary N) is 3. The Morgan fingerprint density at radius 2 is 1.56 bits per heavy atom. The molecule has 3 aromatic carbocycles. The predicted octanol–water partition coefficient (Wildman–Crippen LogP) is 2.04. The second-order valence-electron chi connectivity index (χ2n) is 12.1. The first-order valence-corrected chi connectivity index (χ1v) is 16.0. The van der Waals surface area contributed by atoms with Crippen molar-refractivity contribution in [1.29, 1.82) is 0 Å². The van der Waals surface area contributed by atoms with E-state index in [1.54, 1.807) is 0 Å². The van der Waals surface area contributed by atoms with Gasteiger partial charge in [0.25, 0.3) is 11.6 Å². The smallest absolute Gasteiger partial charge is 0.269 e. The molecule has 4 amide bonds. The normalized spacial score (nSPS) is 17.0. The van der Waals surface area contributed by atoms with Gasteiger partial charge in [0.15, 0.2) is 5.96 Å². The highest BCUT2D eigenvalue weighted by Crippen LogP contribution is 2.29. The van der Waals surface area contributed by atoms with Gasteiger partial charge in [-0.25, -0.2) is 0 Å². The molecule has 9 N–H and O–H groups in total. The Hall–Kier alpha value is -5.53. The van der Waals surface area contributed by atoms with Crippen LogP contribution < -0.4 is 33.2 Å². The van der Waals surface area contributed by atoms with Crippen LogP contribution >= 0.6 is 0 Å². The molecular weight excluding hydrogens is 616 g/mol. The van der Waals surface area contributed by atoms with Crippen molar-refractivity contribution in [2.75, 3.05) is 13.1 Å². The van der Waals surface area contributed by atoms with E-state index in [1.165, 1.54) is 24.3 Å². The number of hydrogen-bond donors (Lipinski definition) is 6. The zero-order valence-electron chi connectivity index (χ0n) is 26.6. The van der Waals surface area contributed by atoms with Crippen molar-refractivity contribution >= 4 is 46.0 Å². The van der Waals surface area contributed by atoms with Crippen LogP contribution in [-0.2, 0) is 20.8 Å². The van der Waals surface area contributed by atoms with Gasteiger partial charge in [0.05, 0.1) is 4.92 Å². The Morgan fingerprint density at radius 3 is 2.21 bits per heavy atom. The molecule has 2 atom stereocenters. The average molecular weight is 659 g/mol. The number of primary amides is 1. The van der Waals surface area contributed by atoms with Gasteiger partial charge in [0.1, 0.15) is 12.1 Å². The Morgan fingerprint density at radius 1 is 0.875 bits per heavy atom. The number of fused-ring (bicyclic) bond motifs is 1. The van der Waals surface area contributed by atoms with Gasteiger partial charge in [0.2, 0.25) is 17.7 Å².